The summed E-state index contributed by atoms with van der Waals surface area (Å²) in [7, 11) is 1.91. The van der Waals surface area contributed by atoms with Crippen LogP contribution in [-0.4, -0.2) is 73.7 Å². The Labute approximate surface area is 162 Å². The maximum absolute atomic E-state index is 13.7. The van der Waals surface area contributed by atoms with Gasteiger partial charge in [0.15, 0.2) is 0 Å². The van der Waals surface area contributed by atoms with E-state index in [2.05, 4.69) is 4.90 Å². The fourth-order valence-electron chi connectivity index (χ4n) is 3.95. The van der Waals surface area contributed by atoms with Crippen LogP contribution in [0.3, 0.4) is 0 Å². The van der Waals surface area contributed by atoms with Gasteiger partial charge in [-0.25, -0.2) is 4.39 Å². The number of hydroxylamine groups is 2. The molecule has 0 atom stereocenters. The summed E-state index contributed by atoms with van der Waals surface area (Å²) in [5, 5.41) is 1.90. The molecule has 0 aliphatic carbocycles. The van der Waals surface area contributed by atoms with E-state index in [0.29, 0.717) is 18.9 Å². The summed E-state index contributed by atoms with van der Waals surface area (Å²) in [4.78, 5) is 22.1. The molecule has 27 heavy (non-hydrogen) atoms. The normalized spacial score (nSPS) is 19.5. The van der Waals surface area contributed by atoms with Crippen molar-refractivity contribution in [3.05, 3.63) is 35.6 Å². The summed E-state index contributed by atoms with van der Waals surface area (Å²) in [5.74, 6) is 0.658. The molecular formula is C21H32FN3O2. The van der Waals surface area contributed by atoms with Crippen LogP contribution in [0.1, 0.15) is 31.2 Å². The number of halogens is 1. The summed E-state index contributed by atoms with van der Waals surface area (Å²) in [6.45, 7) is 6.20. The van der Waals surface area contributed by atoms with Crippen molar-refractivity contribution in [2.45, 2.75) is 32.1 Å². The van der Waals surface area contributed by atoms with E-state index in [1.54, 1.807) is 6.07 Å². The van der Waals surface area contributed by atoms with Gasteiger partial charge in [-0.3, -0.25) is 9.63 Å². The average Bonchev–Trinajstić information content (AvgIpc) is 3.20. The Hall–Kier alpha value is -1.50. The molecule has 5 nitrogen and oxygen atoms in total. The standard InChI is InChI=1S/C21H32FN3O2/c1-23(21(26)10-15-25-11-4-16-27-25)17-18-7-12-24(13-8-18)14-9-19-5-2-3-6-20(19)22/h2-3,5-6,18H,4,7-17H2,1H3. The maximum Gasteiger partial charge on any atom is 0.223 e. The molecule has 0 spiro atoms. The Kier molecular flexibility index (Phi) is 7.61. The molecule has 2 saturated heterocycles. The number of likely N-dealkylation sites (tertiary alicyclic amines) is 1. The Bertz CT molecular complexity index is 599. The number of benzene rings is 1. The van der Waals surface area contributed by atoms with Gasteiger partial charge in [-0.1, -0.05) is 18.2 Å². The molecule has 1 aromatic rings. The molecule has 1 amide bonds. The van der Waals surface area contributed by atoms with Crippen molar-refractivity contribution in [2.75, 3.05) is 52.9 Å². The molecule has 2 aliphatic heterocycles. The summed E-state index contributed by atoms with van der Waals surface area (Å²) in [6.07, 6.45) is 4.54. The van der Waals surface area contributed by atoms with Gasteiger partial charge in [-0.15, -0.1) is 0 Å². The van der Waals surface area contributed by atoms with Gasteiger partial charge in [0.05, 0.1) is 6.61 Å². The molecule has 150 valence electrons. The number of hydrogen-bond acceptors (Lipinski definition) is 4. The first-order valence-electron chi connectivity index (χ1n) is 10.2. The summed E-state index contributed by atoms with van der Waals surface area (Å²) in [6, 6.07) is 7.04. The second-order valence-electron chi connectivity index (χ2n) is 7.77. The average molecular weight is 378 g/mol. The molecule has 0 bridgehead atoms. The third-order valence-electron chi connectivity index (χ3n) is 5.72. The van der Waals surface area contributed by atoms with Gasteiger partial charge in [0.1, 0.15) is 5.82 Å². The Morgan fingerprint density at radius 2 is 2.00 bits per heavy atom. The minimum atomic E-state index is -0.105. The van der Waals surface area contributed by atoms with Gasteiger partial charge >= 0.3 is 0 Å². The van der Waals surface area contributed by atoms with E-state index >= 15 is 0 Å². The lowest BCUT2D eigenvalue weighted by Crippen LogP contribution is -2.40. The zero-order valence-electron chi connectivity index (χ0n) is 16.4. The van der Waals surface area contributed by atoms with Crippen molar-refractivity contribution >= 4 is 5.91 Å². The molecule has 3 rings (SSSR count). The van der Waals surface area contributed by atoms with Gasteiger partial charge in [-0.05, 0) is 56.3 Å². The van der Waals surface area contributed by atoms with Crippen molar-refractivity contribution in [1.82, 2.24) is 14.9 Å². The zero-order chi connectivity index (χ0) is 19.1. The second kappa shape index (κ2) is 10.2. The highest BCUT2D eigenvalue weighted by Crippen LogP contribution is 2.19. The molecule has 0 N–H and O–H groups in total. The van der Waals surface area contributed by atoms with Crippen LogP contribution in [0.25, 0.3) is 0 Å². The monoisotopic (exact) mass is 377 g/mol. The summed E-state index contributed by atoms with van der Waals surface area (Å²) >= 11 is 0. The third-order valence-corrected chi connectivity index (χ3v) is 5.72. The zero-order valence-corrected chi connectivity index (χ0v) is 16.4. The van der Waals surface area contributed by atoms with E-state index in [1.165, 1.54) is 6.07 Å². The van der Waals surface area contributed by atoms with Crippen LogP contribution < -0.4 is 0 Å². The Morgan fingerprint density at radius 1 is 1.22 bits per heavy atom. The van der Waals surface area contributed by atoms with Crippen LogP contribution in [0, 0.1) is 11.7 Å². The minimum Gasteiger partial charge on any atom is -0.345 e. The number of carbonyl (C=O) groups is 1. The number of piperidine rings is 1. The highest BCUT2D eigenvalue weighted by Gasteiger charge is 2.22. The molecular weight excluding hydrogens is 345 g/mol. The highest BCUT2D eigenvalue weighted by molar-refractivity contribution is 5.76. The van der Waals surface area contributed by atoms with Gasteiger partial charge in [-0.2, -0.15) is 5.06 Å². The first kappa shape index (κ1) is 20.2. The SMILES string of the molecule is CN(CC1CCN(CCc2ccccc2F)CC1)C(=O)CCN1CCCO1. The molecule has 1 aromatic carbocycles. The molecule has 6 heteroatoms. The fraction of sp³-hybridized carbons (Fsp3) is 0.667. The van der Waals surface area contributed by atoms with E-state index in [4.69, 9.17) is 4.84 Å². The molecule has 2 fully saturated rings. The smallest absolute Gasteiger partial charge is 0.223 e. The molecule has 0 radical (unpaired) electrons. The predicted octanol–water partition coefficient (Wildman–Crippen LogP) is 2.57. The van der Waals surface area contributed by atoms with Crippen molar-refractivity contribution in [2.24, 2.45) is 5.92 Å². The lowest BCUT2D eigenvalue weighted by Gasteiger charge is -2.34. The van der Waals surface area contributed by atoms with Crippen LogP contribution in [0.15, 0.2) is 24.3 Å². The minimum absolute atomic E-state index is 0.105. The number of rotatable bonds is 8. The molecule has 0 unspecified atom stereocenters. The topological polar surface area (TPSA) is 36.0 Å². The Balaban J connectivity index is 1.32. The van der Waals surface area contributed by atoms with Crippen LogP contribution in [0.4, 0.5) is 4.39 Å². The van der Waals surface area contributed by atoms with E-state index in [1.807, 2.05) is 29.1 Å². The number of amides is 1. The van der Waals surface area contributed by atoms with E-state index in [0.717, 1.165) is 70.6 Å². The molecule has 2 heterocycles. The Morgan fingerprint density at radius 3 is 2.70 bits per heavy atom. The van der Waals surface area contributed by atoms with Gasteiger partial charge in [0.2, 0.25) is 5.91 Å². The first-order valence-corrected chi connectivity index (χ1v) is 10.2. The maximum atomic E-state index is 13.7. The fourth-order valence-corrected chi connectivity index (χ4v) is 3.95. The van der Waals surface area contributed by atoms with Gasteiger partial charge in [0, 0.05) is 39.6 Å². The molecule has 2 aliphatic rings. The van der Waals surface area contributed by atoms with Crippen molar-refractivity contribution in [3.63, 3.8) is 0 Å². The van der Waals surface area contributed by atoms with Gasteiger partial charge in [0.25, 0.3) is 0 Å². The lowest BCUT2D eigenvalue weighted by atomic mass is 9.96. The number of carbonyl (C=O) groups excluding carboxylic acids is 1. The predicted molar refractivity (Wildman–Crippen MR) is 104 cm³/mol. The third kappa shape index (κ3) is 6.26. The van der Waals surface area contributed by atoms with Crippen molar-refractivity contribution in [1.29, 1.82) is 0 Å². The first-order chi connectivity index (χ1) is 13.1. The van der Waals surface area contributed by atoms with Gasteiger partial charge < -0.3 is 9.80 Å². The van der Waals surface area contributed by atoms with Crippen LogP contribution in [-0.2, 0) is 16.1 Å². The largest absolute Gasteiger partial charge is 0.345 e. The molecule has 0 saturated carbocycles. The molecule has 0 aromatic heterocycles. The lowest BCUT2D eigenvalue weighted by molar-refractivity contribution is -0.138. The number of hydrogen-bond donors (Lipinski definition) is 0. The van der Waals surface area contributed by atoms with Crippen molar-refractivity contribution < 1.29 is 14.0 Å². The van der Waals surface area contributed by atoms with Crippen LogP contribution >= 0.6 is 0 Å². The van der Waals surface area contributed by atoms with E-state index in [9.17, 15) is 9.18 Å². The highest BCUT2D eigenvalue weighted by atomic mass is 19.1. The van der Waals surface area contributed by atoms with E-state index < -0.39 is 0 Å². The summed E-state index contributed by atoms with van der Waals surface area (Å²) in [5.41, 5.74) is 0.798. The summed E-state index contributed by atoms with van der Waals surface area (Å²) < 4.78 is 13.7. The van der Waals surface area contributed by atoms with E-state index in [-0.39, 0.29) is 11.7 Å². The second-order valence-corrected chi connectivity index (χ2v) is 7.77. The van der Waals surface area contributed by atoms with Crippen LogP contribution in [0.2, 0.25) is 0 Å². The number of nitrogens with zero attached hydrogens (tertiary/aromatic N) is 3. The van der Waals surface area contributed by atoms with Crippen LogP contribution in [0.5, 0.6) is 0 Å². The van der Waals surface area contributed by atoms with Crippen molar-refractivity contribution in [3.8, 4) is 0 Å². The quantitative estimate of drug-likeness (QED) is 0.698.